The van der Waals surface area contributed by atoms with Crippen molar-refractivity contribution in [2.45, 2.75) is 66.0 Å². The maximum absolute atomic E-state index is 12.1. The number of hydrogen-bond donors (Lipinski definition) is 2. The number of ether oxygens (including phenoxy) is 1. The molecule has 2 N–H and O–H groups in total. The highest BCUT2D eigenvalue weighted by Gasteiger charge is 2.23. The predicted octanol–water partition coefficient (Wildman–Crippen LogP) is 2.77. The summed E-state index contributed by atoms with van der Waals surface area (Å²) in [5, 5.41) is 6.54. The first-order valence-electron chi connectivity index (χ1n) is 10.7. The van der Waals surface area contributed by atoms with Gasteiger partial charge in [0.15, 0.2) is 5.96 Å². The fourth-order valence-corrected chi connectivity index (χ4v) is 3.46. The van der Waals surface area contributed by atoms with E-state index in [1.54, 1.807) is 0 Å². The molecule has 1 amide bonds. The molecule has 164 valence electrons. The van der Waals surface area contributed by atoms with E-state index in [4.69, 9.17) is 4.74 Å². The van der Waals surface area contributed by atoms with Crippen LogP contribution in [0.15, 0.2) is 4.99 Å². The normalized spacial score (nSPS) is 19.6. The summed E-state index contributed by atoms with van der Waals surface area (Å²) >= 11 is 0. The van der Waals surface area contributed by atoms with Gasteiger partial charge in [0, 0.05) is 39.8 Å². The van der Waals surface area contributed by atoms with Crippen molar-refractivity contribution in [1.82, 2.24) is 20.4 Å². The largest absolute Gasteiger partial charge is 0.444 e. The van der Waals surface area contributed by atoms with Crippen molar-refractivity contribution in [3.05, 3.63) is 0 Å². The average molecular weight is 398 g/mol. The summed E-state index contributed by atoms with van der Waals surface area (Å²) in [7, 11) is 3.87. The van der Waals surface area contributed by atoms with Crippen LogP contribution in [0.2, 0.25) is 0 Å². The molecule has 0 aliphatic carbocycles. The Kier molecular flexibility index (Phi) is 10.1. The molecule has 2 unspecified atom stereocenters. The van der Waals surface area contributed by atoms with Crippen molar-refractivity contribution in [2.24, 2.45) is 16.8 Å². The second kappa shape index (κ2) is 11.5. The summed E-state index contributed by atoms with van der Waals surface area (Å²) in [5.41, 5.74) is -0.484. The number of guanidine groups is 1. The van der Waals surface area contributed by atoms with Crippen molar-refractivity contribution >= 4 is 12.1 Å². The quantitative estimate of drug-likeness (QED) is 0.487. The van der Waals surface area contributed by atoms with E-state index >= 15 is 0 Å². The number of likely N-dealkylation sites (tertiary alicyclic amines) is 1. The molecule has 0 saturated carbocycles. The van der Waals surface area contributed by atoms with Crippen molar-refractivity contribution in [3.63, 3.8) is 0 Å². The van der Waals surface area contributed by atoms with Crippen LogP contribution >= 0.6 is 0 Å². The number of rotatable bonds is 8. The van der Waals surface area contributed by atoms with E-state index in [0.29, 0.717) is 11.8 Å². The van der Waals surface area contributed by atoms with Crippen LogP contribution < -0.4 is 10.6 Å². The number of aliphatic imine (C=N–C) groups is 1. The van der Waals surface area contributed by atoms with Crippen LogP contribution in [0.4, 0.5) is 4.79 Å². The molecule has 7 heteroatoms. The Labute approximate surface area is 172 Å². The second-order valence-corrected chi connectivity index (χ2v) is 9.18. The van der Waals surface area contributed by atoms with Gasteiger partial charge in [-0.25, -0.2) is 4.79 Å². The standard InChI is InChI=1S/C21H43N5O2/c1-9-26-13-10-17(15-26)14-23-19(22-7)25(8)12-11-18(16(2)3)24-20(27)28-21(4,5)6/h16-18H,9-15H2,1-8H3,(H,22,23)(H,24,27). The van der Waals surface area contributed by atoms with Crippen molar-refractivity contribution in [2.75, 3.05) is 46.8 Å². The minimum absolute atomic E-state index is 0.0587. The Morgan fingerprint density at radius 2 is 2.04 bits per heavy atom. The van der Waals surface area contributed by atoms with E-state index in [1.165, 1.54) is 19.5 Å². The molecule has 0 aromatic carbocycles. The molecule has 1 aliphatic heterocycles. The summed E-state index contributed by atoms with van der Waals surface area (Å²) in [6, 6.07) is 0.0587. The van der Waals surface area contributed by atoms with Crippen LogP contribution in [0.25, 0.3) is 0 Å². The van der Waals surface area contributed by atoms with Crippen LogP contribution in [0.3, 0.4) is 0 Å². The van der Waals surface area contributed by atoms with Gasteiger partial charge in [-0.2, -0.15) is 0 Å². The SMILES string of the molecule is CCN1CCC(CNC(=NC)N(C)CCC(NC(=O)OC(C)(C)C)C(C)C)C1. The second-order valence-electron chi connectivity index (χ2n) is 9.18. The molecule has 7 nitrogen and oxygen atoms in total. The van der Waals surface area contributed by atoms with Gasteiger partial charge in [0.2, 0.25) is 0 Å². The van der Waals surface area contributed by atoms with Crippen molar-refractivity contribution in [1.29, 1.82) is 0 Å². The Bertz CT molecular complexity index is 502. The molecule has 1 aliphatic rings. The van der Waals surface area contributed by atoms with Crippen molar-refractivity contribution < 1.29 is 9.53 Å². The Balaban J connectivity index is 2.46. The molecule has 1 fully saturated rings. The first-order chi connectivity index (χ1) is 13.1. The number of nitrogens with one attached hydrogen (secondary N) is 2. The van der Waals surface area contributed by atoms with Gasteiger partial charge in [-0.1, -0.05) is 20.8 Å². The van der Waals surface area contributed by atoms with Gasteiger partial charge in [-0.3, -0.25) is 4.99 Å². The molecule has 1 rings (SSSR count). The maximum atomic E-state index is 12.1. The van der Waals surface area contributed by atoms with Crippen LogP contribution in [0.5, 0.6) is 0 Å². The third-order valence-corrected chi connectivity index (χ3v) is 5.22. The predicted molar refractivity (Wildman–Crippen MR) is 117 cm³/mol. The van der Waals surface area contributed by atoms with Crippen LogP contribution in [-0.4, -0.2) is 80.3 Å². The third kappa shape index (κ3) is 9.13. The molecule has 1 saturated heterocycles. The minimum atomic E-state index is -0.484. The lowest BCUT2D eigenvalue weighted by atomic mass is 10.0. The highest BCUT2D eigenvalue weighted by molar-refractivity contribution is 5.79. The fraction of sp³-hybridized carbons (Fsp3) is 0.905. The van der Waals surface area contributed by atoms with Crippen LogP contribution in [0.1, 0.15) is 54.4 Å². The number of hydrogen-bond acceptors (Lipinski definition) is 4. The smallest absolute Gasteiger partial charge is 0.407 e. The summed E-state index contributed by atoms with van der Waals surface area (Å²) in [4.78, 5) is 21.2. The van der Waals surface area contributed by atoms with Gasteiger partial charge in [-0.15, -0.1) is 0 Å². The number of amides is 1. The minimum Gasteiger partial charge on any atom is -0.444 e. The number of carbonyl (C=O) groups is 1. The summed E-state index contributed by atoms with van der Waals surface area (Å²) in [5.74, 6) is 1.92. The monoisotopic (exact) mass is 397 g/mol. The zero-order chi connectivity index (χ0) is 21.3. The lowest BCUT2D eigenvalue weighted by molar-refractivity contribution is 0.0486. The molecule has 0 bridgehead atoms. The number of carbonyl (C=O) groups excluding carboxylic acids is 1. The van der Waals surface area contributed by atoms with Gasteiger partial charge >= 0.3 is 6.09 Å². The molecular weight excluding hydrogens is 354 g/mol. The van der Waals surface area contributed by atoms with Crippen molar-refractivity contribution in [3.8, 4) is 0 Å². The number of alkyl carbamates (subject to hydrolysis) is 1. The van der Waals surface area contributed by atoms with Gasteiger partial charge in [0.05, 0.1) is 0 Å². The zero-order valence-electron chi connectivity index (χ0n) is 19.3. The molecule has 0 aromatic rings. The van der Waals surface area contributed by atoms with E-state index in [1.807, 2.05) is 34.9 Å². The molecule has 0 radical (unpaired) electrons. The molecule has 2 atom stereocenters. The summed E-state index contributed by atoms with van der Waals surface area (Å²) < 4.78 is 5.40. The van der Waals surface area contributed by atoms with Gasteiger partial charge in [0.1, 0.15) is 5.60 Å². The maximum Gasteiger partial charge on any atom is 0.407 e. The zero-order valence-corrected chi connectivity index (χ0v) is 19.3. The van der Waals surface area contributed by atoms with E-state index in [0.717, 1.165) is 32.0 Å². The van der Waals surface area contributed by atoms with Crippen LogP contribution in [-0.2, 0) is 4.74 Å². The van der Waals surface area contributed by atoms with Gasteiger partial charge in [0.25, 0.3) is 0 Å². The first-order valence-corrected chi connectivity index (χ1v) is 10.7. The van der Waals surface area contributed by atoms with Gasteiger partial charge in [-0.05, 0) is 58.5 Å². The molecule has 0 spiro atoms. The fourth-order valence-electron chi connectivity index (χ4n) is 3.46. The van der Waals surface area contributed by atoms with Crippen LogP contribution in [0, 0.1) is 11.8 Å². The van der Waals surface area contributed by atoms with E-state index in [9.17, 15) is 4.79 Å². The molecule has 0 aromatic heterocycles. The average Bonchev–Trinajstić information content (AvgIpc) is 3.05. The highest BCUT2D eigenvalue weighted by atomic mass is 16.6. The molecular formula is C21H43N5O2. The number of nitrogens with zero attached hydrogens (tertiary/aromatic N) is 3. The van der Waals surface area contributed by atoms with E-state index in [-0.39, 0.29) is 12.1 Å². The van der Waals surface area contributed by atoms with Gasteiger partial charge < -0.3 is 25.2 Å². The molecule has 28 heavy (non-hydrogen) atoms. The Morgan fingerprint density at radius 1 is 1.36 bits per heavy atom. The highest BCUT2D eigenvalue weighted by Crippen LogP contribution is 2.15. The lowest BCUT2D eigenvalue weighted by Crippen LogP contribution is -2.46. The third-order valence-electron chi connectivity index (χ3n) is 5.22. The summed E-state index contributed by atoms with van der Waals surface area (Å²) in [6.45, 7) is 17.4. The Hall–Kier alpha value is -1.50. The molecule has 1 heterocycles. The lowest BCUT2D eigenvalue weighted by Gasteiger charge is -2.29. The van der Waals surface area contributed by atoms with E-state index in [2.05, 4.69) is 46.2 Å². The Morgan fingerprint density at radius 3 is 2.54 bits per heavy atom. The summed E-state index contributed by atoms with van der Waals surface area (Å²) in [6.07, 6.45) is 1.73. The van der Waals surface area contributed by atoms with E-state index < -0.39 is 5.60 Å². The topological polar surface area (TPSA) is 69.2 Å². The first kappa shape index (κ1) is 24.5.